The highest BCUT2D eigenvalue weighted by atomic mass is 79.9. The molecule has 1 aliphatic heterocycles. The molecule has 0 radical (unpaired) electrons. The van der Waals surface area contributed by atoms with E-state index in [2.05, 4.69) is 20.9 Å². The van der Waals surface area contributed by atoms with Gasteiger partial charge in [0.2, 0.25) is 5.78 Å². The van der Waals surface area contributed by atoms with E-state index in [4.69, 9.17) is 0 Å². The minimum atomic E-state index is -0.742. The summed E-state index contributed by atoms with van der Waals surface area (Å²) in [4.78, 5) is 33.4. The van der Waals surface area contributed by atoms with Crippen LogP contribution in [0.1, 0.15) is 28.6 Å². The molecule has 1 saturated heterocycles. The van der Waals surface area contributed by atoms with Crippen LogP contribution in [0.3, 0.4) is 0 Å². The Morgan fingerprint density at radius 2 is 1.94 bits per heavy atom. The zero-order valence-electron chi connectivity index (χ0n) is 18.5. The number of quaternary nitrogens is 1. The summed E-state index contributed by atoms with van der Waals surface area (Å²) >= 11 is 3.47. The van der Waals surface area contributed by atoms with Crippen LogP contribution in [0.5, 0.6) is 0 Å². The molecule has 1 amide bonds. The molecule has 166 valence electrons. The molecule has 32 heavy (non-hydrogen) atoms. The van der Waals surface area contributed by atoms with E-state index in [1.807, 2.05) is 57.4 Å². The smallest absolute Gasteiger partial charge is 0.295 e. The summed E-state index contributed by atoms with van der Waals surface area (Å²) in [6.45, 7) is 4.69. The fraction of sp³-hybridized carbons (Fsp3) is 0.292. The van der Waals surface area contributed by atoms with Crippen molar-refractivity contribution in [3.8, 4) is 0 Å². The molecule has 7 nitrogen and oxygen atoms in total. The molecule has 0 saturated carbocycles. The number of likely N-dealkylation sites (tertiary alicyclic amines) is 1. The summed E-state index contributed by atoms with van der Waals surface area (Å²) in [5.41, 5.74) is 3.14. The Balaban J connectivity index is 1.95. The Kier molecular flexibility index (Phi) is 5.92. The van der Waals surface area contributed by atoms with Crippen molar-refractivity contribution in [2.75, 3.05) is 27.2 Å². The first-order valence-corrected chi connectivity index (χ1v) is 11.3. The first-order chi connectivity index (χ1) is 15.2. The van der Waals surface area contributed by atoms with E-state index in [0.717, 1.165) is 20.5 Å². The normalized spacial score (nSPS) is 18.3. The maximum Gasteiger partial charge on any atom is 0.295 e. The predicted molar refractivity (Wildman–Crippen MR) is 123 cm³/mol. The number of amides is 1. The van der Waals surface area contributed by atoms with E-state index in [0.29, 0.717) is 30.1 Å². The molecule has 1 unspecified atom stereocenters. The van der Waals surface area contributed by atoms with E-state index in [1.54, 1.807) is 17.5 Å². The zero-order valence-corrected chi connectivity index (χ0v) is 20.1. The van der Waals surface area contributed by atoms with Crippen molar-refractivity contribution >= 4 is 39.0 Å². The van der Waals surface area contributed by atoms with Crippen LogP contribution in [0.25, 0.3) is 11.4 Å². The number of nitrogens with zero attached hydrogens (tertiary/aromatic N) is 3. The fourth-order valence-electron chi connectivity index (χ4n) is 4.19. The van der Waals surface area contributed by atoms with Crippen LogP contribution in [-0.4, -0.2) is 53.2 Å². The van der Waals surface area contributed by atoms with Gasteiger partial charge in [0.25, 0.3) is 5.91 Å². The van der Waals surface area contributed by atoms with Crippen molar-refractivity contribution in [2.24, 2.45) is 0 Å². The molecular weight excluding hydrogens is 472 g/mol. The fourth-order valence-corrected chi connectivity index (χ4v) is 4.60. The standard InChI is InChI=1S/C24H25BrN4O3/c1-14-7-6-10-28-19(15(2)26-23(14)28)21(30)18-20(16-8-5-9-17(25)13-16)29(12-11-27(3)4)24(32)22(18)31/h5-10,13,20,30H,11-12H2,1-4H3. The van der Waals surface area contributed by atoms with Gasteiger partial charge in [-0.25, -0.2) is 4.98 Å². The molecular formula is C24H25BrN4O3. The predicted octanol–water partition coefficient (Wildman–Crippen LogP) is 1.08. The summed E-state index contributed by atoms with van der Waals surface area (Å²) < 4.78 is 2.52. The van der Waals surface area contributed by atoms with Gasteiger partial charge >= 0.3 is 0 Å². The van der Waals surface area contributed by atoms with E-state index in [9.17, 15) is 14.7 Å². The highest BCUT2D eigenvalue weighted by Crippen LogP contribution is 2.39. The molecule has 8 heteroatoms. The summed E-state index contributed by atoms with van der Waals surface area (Å²) in [5, 5.41) is 13.8. The number of hydrogen-bond donors (Lipinski definition) is 1. The number of halogens is 1. The van der Waals surface area contributed by atoms with Gasteiger partial charge in [-0.3, -0.25) is 9.59 Å². The van der Waals surface area contributed by atoms with Gasteiger partial charge in [-0.1, -0.05) is 39.9 Å². The minimum Gasteiger partial charge on any atom is -0.871 e. The van der Waals surface area contributed by atoms with Gasteiger partial charge in [-0.15, -0.1) is 0 Å². The first kappa shape index (κ1) is 22.2. The summed E-state index contributed by atoms with van der Waals surface area (Å²) in [6, 6.07) is 10.4. The van der Waals surface area contributed by atoms with E-state index >= 15 is 0 Å². The van der Waals surface area contributed by atoms with Crippen LogP contribution in [0, 0.1) is 13.8 Å². The molecule has 0 aliphatic carbocycles. The number of carbonyl (C=O) groups excluding carboxylic acids is 2. The Bertz CT molecular complexity index is 1260. The lowest BCUT2D eigenvalue weighted by molar-refractivity contribution is -0.857. The van der Waals surface area contributed by atoms with Gasteiger partial charge in [0.1, 0.15) is 5.65 Å². The van der Waals surface area contributed by atoms with Crippen molar-refractivity contribution in [3.05, 3.63) is 75.2 Å². The first-order valence-electron chi connectivity index (χ1n) is 10.5. The number of pyridine rings is 1. The van der Waals surface area contributed by atoms with Crippen molar-refractivity contribution in [2.45, 2.75) is 19.9 Å². The van der Waals surface area contributed by atoms with Crippen molar-refractivity contribution in [1.29, 1.82) is 0 Å². The summed E-state index contributed by atoms with van der Waals surface area (Å²) in [6.07, 6.45) is 1.76. The maximum atomic E-state index is 13.8. The third kappa shape index (κ3) is 3.73. The number of imidazole rings is 1. The monoisotopic (exact) mass is 496 g/mol. The number of rotatable bonds is 5. The molecule has 4 rings (SSSR count). The minimum absolute atomic E-state index is 0.0201. The molecule has 3 aromatic rings. The number of benzene rings is 1. The number of fused-ring (bicyclic) bond motifs is 1. The number of carbonyl (C=O) groups is 2. The van der Waals surface area contributed by atoms with E-state index < -0.39 is 23.5 Å². The van der Waals surface area contributed by atoms with Gasteiger partial charge in [-0.05, 0) is 43.2 Å². The second-order valence-corrected chi connectivity index (χ2v) is 9.33. The van der Waals surface area contributed by atoms with Crippen LogP contribution in [0.2, 0.25) is 0 Å². The van der Waals surface area contributed by atoms with Gasteiger partial charge in [0.15, 0.2) is 0 Å². The quantitative estimate of drug-likeness (QED) is 0.325. The van der Waals surface area contributed by atoms with Crippen LogP contribution in [-0.2, 0) is 9.59 Å². The second-order valence-electron chi connectivity index (χ2n) is 8.42. The van der Waals surface area contributed by atoms with Gasteiger partial charge in [0, 0.05) is 16.2 Å². The van der Waals surface area contributed by atoms with E-state index in [-0.39, 0.29) is 5.57 Å². The molecule has 1 aliphatic rings. The van der Waals surface area contributed by atoms with Gasteiger partial charge < -0.3 is 19.3 Å². The molecule has 1 atom stereocenters. The third-order valence-corrected chi connectivity index (χ3v) is 6.27. The lowest BCUT2D eigenvalue weighted by Crippen LogP contribution is -3.06. The van der Waals surface area contributed by atoms with Crippen molar-refractivity contribution in [1.82, 2.24) is 14.3 Å². The Hall–Kier alpha value is -2.97. The van der Waals surface area contributed by atoms with E-state index in [1.165, 1.54) is 4.90 Å². The van der Waals surface area contributed by atoms with Crippen LogP contribution < -0.4 is 10.0 Å². The van der Waals surface area contributed by atoms with Crippen LogP contribution in [0.15, 0.2) is 52.6 Å². The van der Waals surface area contributed by atoms with Crippen molar-refractivity contribution in [3.63, 3.8) is 0 Å². The zero-order chi connectivity index (χ0) is 23.2. The SMILES string of the molecule is Cc1nc2c(C)cccn2c1C([O-])=C1C(=O)C(=O)N(CC[NH+](C)C)C1c1cccc(Br)c1. The summed E-state index contributed by atoms with van der Waals surface area (Å²) in [7, 11) is 3.97. The highest BCUT2D eigenvalue weighted by Gasteiger charge is 2.44. The topological polar surface area (TPSA) is 82.2 Å². The number of nitrogens with one attached hydrogen (secondary N) is 1. The number of Topliss-reactive ketones (excluding diaryl/α,β-unsaturated/α-hetero) is 1. The molecule has 1 aromatic carbocycles. The number of hydrogen-bond acceptors (Lipinski definition) is 4. The van der Waals surface area contributed by atoms with Crippen molar-refractivity contribution < 1.29 is 19.6 Å². The molecule has 0 bridgehead atoms. The summed E-state index contributed by atoms with van der Waals surface area (Å²) in [5.74, 6) is -1.83. The molecule has 1 N–H and O–H groups in total. The molecule has 1 fully saturated rings. The lowest BCUT2D eigenvalue weighted by atomic mass is 9.96. The molecule has 2 aromatic heterocycles. The average molecular weight is 497 g/mol. The number of aromatic nitrogens is 2. The Morgan fingerprint density at radius 3 is 2.62 bits per heavy atom. The number of likely N-dealkylation sites (N-methyl/N-ethyl adjacent to an activating group) is 1. The third-order valence-electron chi connectivity index (χ3n) is 5.78. The second kappa shape index (κ2) is 8.52. The Morgan fingerprint density at radius 1 is 1.19 bits per heavy atom. The molecule has 3 heterocycles. The highest BCUT2D eigenvalue weighted by molar-refractivity contribution is 9.10. The van der Waals surface area contributed by atoms with Gasteiger partial charge in [-0.2, -0.15) is 0 Å². The lowest BCUT2D eigenvalue weighted by Gasteiger charge is -2.27. The Labute approximate surface area is 195 Å². The maximum absolute atomic E-state index is 13.8. The number of ketones is 1. The molecule has 0 spiro atoms. The number of aryl methyl sites for hydroxylation is 2. The average Bonchev–Trinajstić information content (AvgIpc) is 3.21. The largest absolute Gasteiger partial charge is 0.871 e. The van der Waals surface area contributed by atoms with Crippen LogP contribution >= 0.6 is 15.9 Å². The van der Waals surface area contributed by atoms with Gasteiger partial charge in [0.05, 0.1) is 44.6 Å². The van der Waals surface area contributed by atoms with Crippen LogP contribution in [0.4, 0.5) is 0 Å².